The normalized spacial score (nSPS) is 12.3. The number of hydrazine groups is 1. The highest BCUT2D eigenvalue weighted by Gasteiger charge is 2.31. The summed E-state index contributed by atoms with van der Waals surface area (Å²) in [7, 11) is 0. The van der Waals surface area contributed by atoms with Crippen molar-refractivity contribution in [3.63, 3.8) is 0 Å². The average molecular weight is 316 g/mol. The molecular formula is C11H14F6N4. The Morgan fingerprint density at radius 3 is 2.14 bits per heavy atom. The maximum Gasteiger partial charge on any atom is 0.416 e. The number of unbranched alkanes of at least 4 members (excludes halogenated alkanes) is 1. The average Bonchev–Trinajstić information content (AvgIpc) is 2.35. The lowest BCUT2D eigenvalue weighted by atomic mass is 10.2. The molecule has 0 unspecified atom stereocenters. The fraction of sp³-hybridized carbons (Fsp3) is 0.545. The minimum absolute atomic E-state index is 0.0778. The Kier molecular flexibility index (Phi) is 5.64. The molecule has 1 heterocycles. The van der Waals surface area contributed by atoms with Gasteiger partial charge in [-0.1, -0.05) is 0 Å². The SMILES string of the molecule is NNc1cc(C(F)(F)F)cc(NCCCCC(F)(F)F)n1. The lowest BCUT2D eigenvalue weighted by molar-refractivity contribution is -0.137. The first kappa shape index (κ1) is 17.3. The van der Waals surface area contributed by atoms with Gasteiger partial charge in [-0.3, -0.25) is 0 Å². The molecule has 0 saturated carbocycles. The molecule has 0 amide bonds. The Morgan fingerprint density at radius 1 is 1.00 bits per heavy atom. The van der Waals surface area contributed by atoms with E-state index in [4.69, 9.17) is 5.84 Å². The van der Waals surface area contributed by atoms with Crippen LogP contribution in [0.2, 0.25) is 0 Å². The first-order valence-corrected chi connectivity index (χ1v) is 5.98. The van der Waals surface area contributed by atoms with Crippen molar-refractivity contribution >= 4 is 11.6 Å². The molecule has 0 atom stereocenters. The third kappa shape index (κ3) is 6.52. The van der Waals surface area contributed by atoms with Crippen LogP contribution >= 0.6 is 0 Å². The molecule has 0 aliphatic heterocycles. The van der Waals surface area contributed by atoms with Crippen molar-refractivity contribution in [3.8, 4) is 0 Å². The molecule has 0 aromatic carbocycles. The number of aromatic nitrogens is 1. The Balaban J connectivity index is 2.59. The molecule has 0 bridgehead atoms. The van der Waals surface area contributed by atoms with Crippen molar-refractivity contribution in [1.82, 2.24) is 4.98 Å². The minimum atomic E-state index is -4.57. The van der Waals surface area contributed by atoms with Crippen LogP contribution in [0.1, 0.15) is 24.8 Å². The summed E-state index contributed by atoms with van der Waals surface area (Å²) in [6.07, 6.45) is -9.69. The highest BCUT2D eigenvalue weighted by Crippen LogP contribution is 2.31. The van der Waals surface area contributed by atoms with Crippen molar-refractivity contribution < 1.29 is 26.3 Å². The van der Waals surface area contributed by atoms with E-state index < -0.39 is 24.3 Å². The van der Waals surface area contributed by atoms with Gasteiger partial charge in [-0.15, -0.1) is 0 Å². The number of anilines is 2. The molecule has 1 rings (SSSR count). The van der Waals surface area contributed by atoms with Gasteiger partial charge in [0.1, 0.15) is 11.6 Å². The summed E-state index contributed by atoms with van der Waals surface area (Å²) in [5.41, 5.74) is 1.05. The van der Waals surface area contributed by atoms with Crippen LogP contribution in [-0.4, -0.2) is 17.7 Å². The van der Waals surface area contributed by atoms with E-state index in [9.17, 15) is 26.3 Å². The van der Waals surface area contributed by atoms with Gasteiger partial charge in [-0.2, -0.15) is 26.3 Å². The van der Waals surface area contributed by atoms with E-state index in [1.54, 1.807) is 0 Å². The van der Waals surface area contributed by atoms with E-state index in [1.807, 2.05) is 5.43 Å². The number of nitrogen functional groups attached to an aromatic ring is 1. The number of pyridine rings is 1. The zero-order valence-electron chi connectivity index (χ0n) is 10.8. The molecule has 21 heavy (non-hydrogen) atoms. The maximum absolute atomic E-state index is 12.6. The molecule has 1 aromatic heterocycles. The lowest BCUT2D eigenvalue weighted by Gasteiger charge is -2.12. The van der Waals surface area contributed by atoms with E-state index in [1.165, 1.54) is 0 Å². The zero-order valence-corrected chi connectivity index (χ0v) is 10.8. The summed E-state index contributed by atoms with van der Waals surface area (Å²) in [5.74, 6) is 4.72. The summed E-state index contributed by atoms with van der Waals surface area (Å²) in [4.78, 5) is 3.74. The van der Waals surface area contributed by atoms with E-state index in [0.29, 0.717) is 0 Å². The second kappa shape index (κ2) is 6.83. The third-order valence-corrected chi connectivity index (χ3v) is 2.49. The molecule has 1 aromatic rings. The molecule has 0 aliphatic rings. The Hall–Kier alpha value is -1.71. The van der Waals surface area contributed by atoms with Gasteiger partial charge in [0, 0.05) is 13.0 Å². The predicted molar refractivity (Wildman–Crippen MR) is 65.4 cm³/mol. The van der Waals surface area contributed by atoms with Crippen molar-refractivity contribution in [1.29, 1.82) is 0 Å². The summed E-state index contributed by atoms with van der Waals surface area (Å²) < 4.78 is 73.6. The molecule has 0 spiro atoms. The lowest BCUT2D eigenvalue weighted by Crippen LogP contribution is -2.14. The number of hydrogen-bond donors (Lipinski definition) is 3. The number of nitrogens with two attached hydrogens (primary N) is 1. The number of halogens is 6. The van der Waals surface area contributed by atoms with Gasteiger partial charge in [-0.25, -0.2) is 10.8 Å². The summed E-state index contributed by atoms with van der Waals surface area (Å²) in [6.45, 7) is 0.0778. The Bertz CT molecular complexity index is 457. The number of nitrogens with one attached hydrogen (secondary N) is 2. The molecule has 0 fully saturated rings. The number of alkyl halides is 6. The van der Waals surface area contributed by atoms with Gasteiger partial charge >= 0.3 is 12.4 Å². The van der Waals surface area contributed by atoms with E-state index in [2.05, 4.69) is 10.3 Å². The predicted octanol–water partition coefficient (Wildman–Crippen LogP) is 3.53. The standard InChI is InChI=1S/C11H14F6N4/c12-10(13,14)3-1-2-4-19-8-5-7(11(15,16)17)6-9(20-8)21-18/h5-6H,1-4,18H2,(H2,19,20,21). The molecule has 4 N–H and O–H groups in total. The van der Waals surface area contributed by atoms with Gasteiger partial charge in [0.2, 0.25) is 0 Å². The second-order valence-corrected chi connectivity index (χ2v) is 4.27. The molecule has 0 aliphatic carbocycles. The summed E-state index contributed by atoms with van der Waals surface area (Å²) >= 11 is 0. The number of hydrogen-bond acceptors (Lipinski definition) is 4. The van der Waals surface area contributed by atoms with E-state index in [-0.39, 0.29) is 31.0 Å². The van der Waals surface area contributed by atoms with Crippen LogP contribution in [0.3, 0.4) is 0 Å². The fourth-order valence-corrected chi connectivity index (χ4v) is 1.53. The van der Waals surface area contributed by atoms with Gasteiger partial charge in [-0.05, 0) is 25.0 Å². The smallest absolute Gasteiger partial charge is 0.370 e. The topological polar surface area (TPSA) is 63.0 Å². The van der Waals surface area contributed by atoms with Crippen LogP contribution in [0.25, 0.3) is 0 Å². The van der Waals surface area contributed by atoms with Gasteiger partial charge < -0.3 is 10.7 Å². The number of rotatable bonds is 6. The molecular weight excluding hydrogens is 302 g/mol. The summed E-state index contributed by atoms with van der Waals surface area (Å²) in [5, 5.41) is 2.54. The maximum atomic E-state index is 12.6. The monoisotopic (exact) mass is 316 g/mol. The van der Waals surface area contributed by atoms with E-state index >= 15 is 0 Å². The van der Waals surface area contributed by atoms with Crippen molar-refractivity contribution in [2.24, 2.45) is 5.84 Å². The third-order valence-electron chi connectivity index (χ3n) is 2.49. The quantitative estimate of drug-likeness (QED) is 0.325. The van der Waals surface area contributed by atoms with Crippen LogP contribution in [0, 0.1) is 0 Å². The minimum Gasteiger partial charge on any atom is -0.370 e. The molecule has 0 radical (unpaired) electrons. The molecule has 4 nitrogen and oxygen atoms in total. The Morgan fingerprint density at radius 2 is 1.62 bits per heavy atom. The van der Waals surface area contributed by atoms with Crippen LogP contribution < -0.4 is 16.6 Å². The first-order chi connectivity index (χ1) is 9.62. The summed E-state index contributed by atoms with van der Waals surface area (Å²) in [6, 6.07) is 1.50. The van der Waals surface area contributed by atoms with Crippen LogP contribution in [0.15, 0.2) is 12.1 Å². The highest BCUT2D eigenvalue weighted by molar-refractivity contribution is 5.49. The van der Waals surface area contributed by atoms with Gasteiger partial charge in [0.15, 0.2) is 0 Å². The van der Waals surface area contributed by atoms with E-state index in [0.717, 1.165) is 12.1 Å². The van der Waals surface area contributed by atoms with Crippen LogP contribution in [-0.2, 0) is 6.18 Å². The number of nitrogens with zero attached hydrogens (tertiary/aromatic N) is 1. The zero-order chi connectivity index (χ0) is 16.1. The van der Waals surface area contributed by atoms with Crippen LogP contribution in [0.5, 0.6) is 0 Å². The molecule has 10 heteroatoms. The van der Waals surface area contributed by atoms with Gasteiger partial charge in [0.25, 0.3) is 0 Å². The van der Waals surface area contributed by atoms with Crippen molar-refractivity contribution in [2.45, 2.75) is 31.6 Å². The molecule has 120 valence electrons. The first-order valence-electron chi connectivity index (χ1n) is 5.98. The second-order valence-electron chi connectivity index (χ2n) is 4.27. The molecule has 0 saturated heterocycles. The van der Waals surface area contributed by atoms with Crippen molar-refractivity contribution in [2.75, 3.05) is 17.3 Å². The van der Waals surface area contributed by atoms with Crippen molar-refractivity contribution in [3.05, 3.63) is 17.7 Å². The van der Waals surface area contributed by atoms with Crippen LogP contribution in [0.4, 0.5) is 38.0 Å². The Labute approximate surface area is 116 Å². The fourth-order valence-electron chi connectivity index (χ4n) is 1.53. The highest BCUT2D eigenvalue weighted by atomic mass is 19.4. The largest absolute Gasteiger partial charge is 0.416 e. The van der Waals surface area contributed by atoms with Gasteiger partial charge in [0.05, 0.1) is 5.56 Å².